The molecule has 2 aromatic rings. The highest BCUT2D eigenvalue weighted by molar-refractivity contribution is 7.89. The Bertz CT molecular complexity index is 1150. The first kappa shape index (κ1) is 24.8. The quantitative estimate of drug-likeness (QED) is 0.531. The molecular formula is C22H25ClN2O7S. The average Bonchev–Trinajstić information content (AvgIpc) is 3.26. The largest absolute Gasteiger partial charge is 0.454 e. The first-order chi connectivity index (χ1) is 15.7. The summed E-state index contributed by atoms with van der Waals surface area (Å²) >= 11 is 6.08. The van der Waals surface area contributed by atoms with Gasteiger partial charge in [0.05, 0.1) is 16.6 Å². The topological polar surface area (TPSA) is 111 Å². The van der Waals surface area contributed by atoms with Crippen molar-refractivity contribution in [2.45, 2.75) is 31.7 Å². The van der Waals surface area contributed by atoms with Crippen LogP contribution in [0.1, 0.15) is 42.7 Å². The van der Waals surface area contributed by atoms with Crippen LogP contribution in [0, 0.1) is 0 Å². The lowest BCUT2D eigenvalue weighted by molar-refractivity contribution is -0.124. The molecular weight excluding hydrogens is 472 g/mol. The number of hydrogen-bond donors (Lipinski definition) is 1. The van der Waals surface area contributed by atoms with E-state index in [1.807, 2.05) is 0 Å². The summed E-state index contributed by atoms with van der Waals surface area (Å²) in [5.41, 5.74) is 0.768. The number of carbonyl (C=O) groups is 2. The molecule has 9 nitrogen and oxygen atoms in total. The number of nitrogens with one attached hydrogen (secondary N) is 1. The van der Waals surface area contributed by atoms with Crippen LogP contribution in [-0.2, 0) is 19.6 Å². The van der Waals surface area contributed by atoms with Gasteiger partial charge in [0.25, 0.3) is 5.91 Å². The van der Waals surface area contributed by atoms with Gasteiger partial charge in [0, 0.05) is 13.1 Å². The zero-order valence-corrected chi connectivity index (χ0v) is 20.0. The fraction of sp³-hybridized carbons (Fsp3) is 0.364. The summed E-state index contributed by atoms with van der Waals surface area (Å²) < 4.78 is 42.5. The lowest BCUT2D eigenvalue weighted by Crippen LogP contribution is -2.31. The molecule has 1 heterocycles. The fourth-order valence-corrected chi connectivity index (χ4v) is 5.25. The predicted octanol–water partition coefficient (Wildman–Crippen LogP) is 3.13. The number of ether oxygens (including phenoxy) is 3. The van der Waals surface area contributed by atoms with Gasteiger partial charge in [-0.15, -0.1) is 0 Å². The van der Waals surface area contributed by atoms with Crippen molar-refractivity contribution in [3.63, 3.8) is 0 Å². The van der Waals surface area contributed by atoms with Crippen molar-refractivity contribution in [3.05, 3.63) is 52.5 Å². The molecule has 1 aliphatic rings. The number of fused-ring (bicyclic) bond motifs is 1. The Hall–Kier alpha value is -2.82. The lowest BCUT2D eigenvalue weighted by atomic mass is 10.1. The Labute approximate surface area is 197 Å². The van der Waals surface area contributed by atoms with Gasteiger partial charge in [-0.3, -0.25) is 4.79 Å². The summed E-state index contributed by atoms with van der Waals surface area (Å²) in [7, 11) is -3.87. The molecule has 0 aliphatic carbocycles. The molecule has 1 amide bonds. The van der Waals surface area contributed by atoms with Gasteiger partial charge in [-0.25, -0.2) is 13.2 Å². The molecule has 0 saturated heterocycles. The summed E-state index contributed by atoms with van der Waals surface area (Å²) in [4.78, 5) is 24.5. The molecule has 11 heteroatoms. The van der Waals surface area contributed by atoms with E-state index in [0.29, 0.717) is 11.5 Å². The Balaban J connectivity index is 1.63. The number of amides is 1. The molecule has 33 heavy (non-hydrogen) atoms. The van der Waals surface area contributed by atoms with E-state index in [1.54, 1.807) is 39.0 Å². The van der Waals surface area contributed by atoms with E-state index < -0.39 is 28.5 Å². The molecule has 1 atom stereocenters. The summed E-state index contributed by atoms with van der Waals surface area (Å²) in [6.07, 6.45) is 0. The first-order valence-corrected chi connectivity index (χ1v) is 12.1. The van der Waals surface area contributed by atoms with E-state index >= 15 is 0 Å². The van der Waals surface area contributed by atoms with Crippen molar-refractivity contribution in [2.75, 3.05) is 26.5 Å². The maximum atomic E-state index is 12.8. The molecule has 0 fully saturated rings. The molecule has 1 N–H and O–H groups in total. The smallest absolute Gasteiger partial charge is 0.338 e. The zero-order chi connectivity index (χ0) is 24.2. The Kier molecular flexibility index (Phi) is 7.83. The second kappa shape index (κ2) is 10.4. The Morgan fingerprint density at radius 3 is 2.52 bits per heavy atom. The highest BCUT2D eigenvalue weighted by atomic mass is 35.5. The Morgan fingerprint density at radius 2 is 1.82 bits per heavy atom. The number of hydrogen-bond acceptors (Lipinski definition) is 7. The lowest BCUT2D eigenvalue weighted by Gasteiger charge is -2.19. The van der Waals surface area contributed by atoms with Crippen molar-refractivity contribution in [2.24, 2.45) is 0 Å². The molecule has 0 radical (unpaired) electrons. The fourth-order valence-electron chi connectivity index (χ4n) is 3.29. The normalized spacial score (nSPS) is 13.6. The van der Waals surface area contributed by atoms with Crippen LogP contribution in [0.2, 0.25) is 5.02 Å². The van der Waals surface area contributed by atoms with Crippen molar-refractivity contribution >= 4 is 33.5 Å². The minimum atomic E-state index is -3.87. The van der Waals surface area contributed by atoms with Crippen LogP contribution in [0.25, 0.3) is 0 Å². The standard InChI is InChI=1S/C22H25ClN2O7S/c1-4-25(5-2)33(28,29)20-11-16(6-8-17(20)23)22(27)30-12-21(26)24-14(3)15-7-9-18-19(10-15)32-13-31-18/h6-11,14H,4-5,12-13H2,1-3H3,(H,24,26). The average molecular weight is 497 g/mol. The van der Waals surface area contributed by atoms with Crippen LogP contribution in [0.4, 0.5) is 0 Å². The van der Waals surface area contributed by atoms with Crippen molar-refractivity contribution in [1.82, 2.24) is 9.62 Å². The van der Waals surface area contributed by atoms with E-state index in [0.717, 1.165) is 11.6 Å². The minimum absolute atomic E-state index is 0.00579. The van der Waals surface area contributed by atoms with Gasteiger partial charge >= 0.3 is 5.97 Å². The second-order valence-electron chi connectivity index (χ2n) is 7.21. The molecule has 0 aromatic heterocycles. The van der Waals surface area contributed by atoms with Crippen molar-refractivity contribution < 1.29 is 32.2 Å². The monoisotopic (exact) mass is 496 g/mol. The summed E-state index contributed by atoms with van der Waals surface area (Å²) in [5.74, 6) is -0.123. The molecule has 2 aromatic carbocycles. The first-order valence-electron chi connectivity index (χ1n) is 10.3. The summed E-state index contributed by atoms with van der Waals surface area (Å²) in [6.45, 7) is 5.32. The number of nitrogens with zero attached hydrogens (tertiary/aromatic N) is 1. The zero-order valence-electron chi connectivity index (χ0n) is 18.5. The molecule has 178 valence electrons. The summed E-state index contributed by atoms with van der Waals surface area (Å²) in [6, 6.07) is 8.78. The van der Waals surface area contributed by atoms with Crippen LogP contribution in [0.15, 0.2) is 41.3 Å². The van der Waals surface area contributed by atoms with Crippen LogP contribution in [0.3, 0.4) is 0 Å². The maximum Gasteiger partial charge on any atom is 0.338 e. The van der Waals surface area contributed by atoms with Gasteiger partial charge in [-0.2, -0.15) is 4.31 Å². The number of benzene rings is 2. The van der Waals surface area contributed by atoms with Crippen molar-refractivity contribution in [3.8, 4) is 11.5 Å². The highest BCUT2D eigenvalue weighted by Gasteiger charge is 2.26. The molecule has 0 saturated carbocycles. The number of rotatable bonds is 9. The van der Waals surface area contributed by atoms with Gasteiger partial charge in [0.1, 0.15) is 4.90 Å². The van der Waals surface area contributed by atoms with Gasteiger partial charge in [0.2, 0.25) is 16.8 Å². The van der Waals surface area contributed by atoms with E-state index in [2.05, 4.69) is 5.32 Å². The number of halogens is 1. The number of carbonyl (C=O) groups excluding carboxylic acids is 2. The molecule has 0 bridgehead atoms. The second-order valence-corrected chi connectivity index (χ2v) is 9.53. The van der Waals surface area contributed by atoms with Gasteiger partial charge in [-0.1, -0.05) is 31.5 Å². The highest BCUT2D eigenvalue weighted by Crippen LogP contribution is 2.34. The van der Waals surface area contributed by atoms with E-state index in [4.69, 9.17) is 25.8 Å². The predicted molar refractivity (Wildman–Crippen MR) is 121 cm³/mol. The van der Waals surface area contributed by atoms with Crippen LogP contribution < -0.4 is 14.8 Å². The van der Waals surface area contributed by atoms with Gasteiger partial charge in [0.15, 0.2) is 18.1 Å². The van der Waals surface area contributed by atoms with E-state index in [1.165, 1.54) is 16.4 Å². The maximum absolute atomic E-state index is 12.8. The third-order valence-electron chi connectivity index (χ3n) is 5.10. The van der Waals surface area contributed by atoms with Crippen LogP contribution in [-0.4, -0.2) is 51.1 Å². The summed E-state index contributed by atoms with van der Waals surface area (Å²) in [5, 5.41) is 2.73. The molecule has 1 aliphatic heterocycles. The Morgan fingerprint density at radius 1 is 1.12 bits per heavy atom. The van der Waals surface area contributed by atoms with Gasteiger partial charge < -0.3 is 19.5 Å². The molecule has 1 unspecified atom stereocenters. The SMILES string of the molecule is CCN(CC)S(=O)(=O)c1cc(C(=O)OCC(=O)NC(C)c2ccc3c(c2)OCO3)ccc1Cl. The van der Waals surface area contributed by atoms with Crippen molar-refractivity contribution in [1.29, 1.82) is 0 Å². The number of esters is 1. The minimum Gasteiger partial charge on any atom is -0.454 e. The van der Waals surface area contributed by atoms with Crippen LogP contribution >= 0.6 is 11.6 Å². The van der Waals surface area contributed by atoms with E-state index in [-0.39, 0.29) is 41.4 Å². The molecule has 0 spiro atoms. The third-order valence-corrected chi connectivity index (χ3v) is 7.63. The van der Waals surface area contributed by atoms with Gasteiger partial charge in [-0.05, 0) is 42.8 Å². The number of sulfonamides is 1. The van der Waals surface area contributed by atoms with E-state index in [9.17, 15) is 18.0 Å². The molecule has 3 rings (SSSR count). The van der Waals surface area contributed by atoms with Crippen LogP contribution in [0.5, 0.6) is 11.5 Å². The third kappa shape index (κ3) is 5.58.